The number of hydrogen-bond donors (Lipinski definition) is 0. The molecule has 4 aromatic carbocycles. The molecule has 0 fully saturated rings. The number of amides is 1. The van der Waals surface area contributed by atoms with Crippen molar-refractivity contribution in [3.63, 3.8) is 0 Å². The van der Waals surface area contributed by atoms with Crippen LogP contribution >= 0.6 is 11.3 Å². The molecule has 1 atom stereocenters. The van der Waals surface area contributed by atoms with Crippen molar-refractivity contribution < 1.29 is 19.2 Å². The Morgan fingerprint density at radius 2 is 1.56 bits per heavy atom. The zero-order chi connectivity index (χ0) is 38.8. The van der Waals surface area contributed by atoms with E-state index in [4.69, 9.17) is 14.5 Å². The number of likely N-dealkylation sites (N-methyl/N-ethyl adjacent to an activating group) is 1. The molecular weight excluding hydrogens is 715 g/mol. The van der Waals surface area contributed by atoms with Crippen LogP contribution in [0.4, 0.5) is 5.69 Å². The summed E-state index contributed by atoms with van der Waals surface area (Å²) in [5.74, 6) is 0.837. The Morgan fingerprint density at radius 1 is 0.909 bits per heavy atom. The highest BCUT2D eigenvalue weighted by Gasteiger charge is 2.36. The molecule has 11 nitrogen and oxygen atoms in total. The van der Waals surface area contributed by atoms with Gasteiger partial charge in [0.25, 0.3) is 17.2 Å². The second kappa shape index (κ2) is 15.4. The van der Waals surface area contributed by atoms with Crippen molar-refractivity contribution in [2.45, 2.75) is 26.8 Å². The molecule has 2 aromatic heterocycles. The number of non-ortho nitro benzene ring substituents is 1. The lowest BCUT2D eigenvalue weighted by atomic mass is 9.93. The second-order valence-corrected chi connectivity index (χ2v) is 13.9. The van der Waals surface area contributed by atoms with Crippen LogP contribution in [0.1, 0.15) is 37.9 Å². The topological polar surface area (TPSA) is 121 Å². The first-order valence-corrected chi connectivity index (χ1v) is 18.7. The number of methoxy groups -OCH3 is 2. The van der Waals surface area contributed by atoms with Gasteiger partial charge in [0.15, 0.2) is 4.80 Å². The Hall–Kier alpha value is -6.53. The number of nitro groups is 1. The number of nitrogens with zero attached hydrogens (tertiary/aromatic N) is 5. The summed E-state index contributed by atoms with van der Waals surface area (Å²) >= 11 is 1.24. The smallest absolute Gasteiger partial charge is 0.271 e. The number of thiazole rings is 1. The molecule has 6 aromatic rings. The van der Waals surface area contributed by atoms with Gasteiger partial charge < -0.3 is 18.9 Å². The lowest BCUT2D eigenvalue weighted by Gasteiger charge is -2.30. The van der Waals surface area contributed by atoms with Gasteiger partial charge in [0.05, 0.1) is 46.3 Å². The standard InChI is InChI=1S/C43H39N5O6S/c1-6-45(7-2)42(50)38-27(3)44-43-47(40(38)34-26-33(53-4)22-23-36(34)54-5)41(49)37(55-43)25-30-24-35(28-14-10-8-11-15-28)46(39(30)29-16-12-9-13-17-29)31-18-20-32(21-19-31)48(51)52/h8-26,40H,6-7H2,1-5H3/b37-25+/t40-/m0/s1. The van der Waals surface area contributed by atoms with E-state index in [2.05, 4.69) is 4.57 Å². The van der Waals surface area contributed by atoms with Crippen LogP contribution in [0.15, 0.2) is 130 Å². The van der Waals surface area contributed by atoms with Crippen molar-refractivity contribution in [1.82, 2.24) is 14.0 Å². The summed E-state index contributed by atoms with van der Waals surface area (Å²) in [6.45, 7) is 6.61. The average molecular weight is 754 g/mol. The Morgan fingerprint density at radius 3 is 2.16 bits per heavy atom. The highest BCUT2D eigenvalue weighted by molar-refractivity contribution is 7.07. The molecule has 0 saturated heterocycles. The second-order valence-electron chi connectivity index (χ2n) is 12.8. The molecular formula is C43H39N5O6S. The molecule has 278 valence electrons. The maximum atomic E-state index is 14.9. The monoisotopic (exact) mass is 753 g/mol. The number of allylic oxidation sites excluding steroid dienone is 1. The van der Waals surface area contributed by atoms with Crippen molar-refractivity contribution in [2.24, 2.45) is 4.99 Å². The van der Waals surface area contributed by atoms with Crippen molar-refractivity contribution in [3.8, 4) is 39.7 Å². The molecule has 0 radical (unpaired) electrons. The van der Waals surface area contributed by atoms with E-state index in [1.54, 1.807) is 60.9 Å². The zero-order valence-corrected chi connectivity index (χ0v) is 31.9. The molecule has 0 saturated carbocycles. The van der Waals surface area contributed by atoms with Crippen molar-refractivity contribution in [1.29, 1.82) is 0 Å². The minimum absolute atomic E-state index is 0.0175. The molecule has 1 aliphatic heterocycles. The number of benzene rings is 4. The summed E-state index contributed by atoms with van der Waals surface area (Å²) in [6.07, 6.45) is 1.87. The van der Waals surface area contributed by atoms with Crippen LogP contribution in [0.3, 0.4) is 0 Å². The van der Waals surface area contributed by atoms with Crippen LogP contribution in [-0.2, 0) is 4.79 Å². The molecule has 55 heavy (non-hydrogen) atoms. The predicted molar refractivity (Wildman–Crippen MR) is 215 cm³/mol. The lowest BCUT2D eigenvalue weighted by molar-refractivity contribution is -0.384. The molecule has 3 heterocycles. The molecule has 12 heteroatoms. The van der Waals surface area contributed by atoms with Crippen LogP contribution in [0, 0.1) is 10.1 Å². The molecule has 0 N–H and O–H groups in total. The van der Waals surface area contributed by atoms with Crippen molar-refractivity contribution >= 4 is 29.0 Å². The van der Waals surface area contributed by atoms with Crippen LogP contribution < -0.4 is 24.4 Å². The fraction of sp³-hybridized carbons (Fsp3) is 0.186. The first-order valence-electron chi connectivity index (χ1n) is 17.8. The van der Waals surface area contributed by atoms with Gasteiger partial charge in [0.1, 0.15) is 17.5 Å². The van der Waals surface area contributed by atoms with E-state index in [9.17, 15) is 19.7 Å². The third-order valence-corrected chi connectivity index (χ3v) is 10.8. The quantitative estimate of drug-likeness (QED) is 0.102. The van der Waals surface area contributed by atoms with Crippen LogP contribution in [0.25, 0.3) is 34.3 Å². The fourth-order valence-electron chi connectivity index (χ4n) is 7.11. The largest absolute Gasteiger partial charge is 0.497 e. The third kappa shape index (κ3) is 6.76. The average Bonchev–Trinajstić information content (AvgIpc) is 3.74. The molecule has 0 spiro atoms. The Balaban J connectivity index is 1.52. The first kappa shape index (κ1) is 36.8. The van der Waals surface area contributed by atoms with Crippen LogP contribution in [0.5, 0.6) is 11.5 Å². The Bertz CT molecular complexity index is 2620. The molecule has 0 aliphatic carbocycles. The number of aromatic nitrogens is 2. The number of nitro benzene ring substituents is 1. The number of fused-ring (bicyclic) bond motifs is 1. The molecule has 1 amide bonds. The van der Waals surface area contributed by atoms with Gasteiger partial charge >= 0.3 is 0 Å². The zero-order valence-electron chi connectivity index (χ0n) is 31.1. The number of hydrogen-bond acceptors (Lipinski definition) is 8. The summed E-state index contributed by atoms with van der Waals surface area (Å²) in [6, 6.07) is 32.6. The van der Waals surface area contributed by atoms with Gasteiger partial charge in [-0.2, -0.15) is 0 Å². The number of carbonyl (C=O) groups is 1. The van der Waals surface area contributed by atoms with Gasteiger partial charge in [-0.15, -0.1) is 0 Å². The van der Waals surface area contributed by atoms with E-state index in [0.29, 0.717) is 56.4 Å². The van der Waals surface area contributed by atoms with Gasteiger partial charge in [-0.3, -0.25) is 24.3 Å². The fourth-order valence-corrected chi connectivity index (χ4v) is 8.15. The van der Waals surface area contributed by atoms with Crippen molar-refractivity contribution in [3.05, 3.63) is 161 Å². The SMILES string of the molecule is CCN(CC)C(=O)C1=C(C)N=c2s/c(=C/c3cc(-c4ccccc4)n(-c4ccc([N+](=O)[O-])cc4)c3-c3ccccc3)c(=O)n2[C@H]1c1cc(OC)ccc1OC. The summed E-state index contributed by atoms with van der Waals surface area (Å²) in [7, 11) is 3.12. The summed E-state index contributed by atoms with van der Waals surface area (Å²) in [5, 5.41) is 11.6. The van der Waals surface area contributed by atoms with E-state index in [-0.39, 0.29) is 17.2 Å². The number of carbonyl (C=O) groups excluding carboxylic acids is 1. The molecule has 7 rings (SSSR count). The highest BCUT2D eigenvalue weighted by Crippen LogP contribution is 2.39. The van der Waals surface area contributed by atoms with E-state index in [0.717, 1.165) is 28.1 Å². The summed E-state index contributed by atoms with van der Waals surface area (Å²) in [5.41, 5.74) is 6.03. The molecule has 0 bridgehead atoms. The van der Waals surface area contributed by atoms with Gasteiger partial charge in [0.2, 0.25) is 0 Å². The minimum atomic E-state index is -0.852. The van der Waals surface area contributed by atoms with E-state index in [1.165, 1.54) is 23.5 Å². The van der Waals surface area contributed by atoms with E-state index in [1.807, 2.05) is 86.7 Å². The van der Waals surface area contributed by atoms with Gasteiger partial charge in [-0.05, 0) is 74.4 Å². The molecule has 0 unspecified atom stereocenters. The Labute approximate surface area is 321 Å². The normalized spacial score (nSPS) is 14.0. The number of ether oxygens (including phenoxy) is 2. The van der Waals surface area contributed by atoms with Gasteiger partial charge in [-0.1, -0.05) is 72.0 Å². The lowest BCUT2D eigenvalue weighted by Crippen LogP contribution is -2.43. The minimum Gasteiger partial charge on any atom is -0.497 e. The van der Waals surface area contributed by atoms with E-state index < -0.39 is 11.0 Å². The van der Waals surface area contributed by atoms with E-state index >= 15 is 0 Å². The van der Waals surface area contributed by atoms with Crippen LogP contribution in [-0.4, -0.2) is 52.2 Å². The first-order chi connectivity index (χ1) is 26.7. The van der Waals surface area contributed by atoms with Gasteiger partial charge in [0, 0.05) is 42.0 Å². The Kier molecular flexibility index (Phi) is 10.3. The van der Waals surface area contributed by atoms with Crippen LogP contribution in [0.2, 0.25) is 0 Å². The molecule has 1 aliphatic rings. The number of rotatable bonds is 11. The third-order valence-electron chi connectivity index (χ3n) is 9.79. The summed E-state index contributed by atoms with van der Waals surface area (Å²) in [4.78, 5) is 47.4. The van der Waals surface area contributed by atoms with Gasteiger partial charge in [-0.25, -0.2) is 4.99 Å². The predicted octanol–water partition coefficient (Wildman–Crippen LogP) is 7.15. The maximum absolute atomic E-state index is 14.9. The summed E-state index contributed by atoms with van der Waals surface area (Å²) < 4.78 is 15.5. The maximum Gasteiger partial charge on any atom is 0.271 e. The van der Waals surface area contributed by atoms with Crippen molar-refractivity contribution in [2.75, 3.05) is 27.3 Å². The highest BCUT2D eigenvalue weighted by atomic mass is 32.1.